The molecule has 0 aromatic heterocycles. The minimum atomic E-state index is -3.93. The van der Waals surface area contributed by atoms with Crippen LogP contribution in [0, 0.1) is 10.1 Å². The molecule has 0 unspecified atom stereocenters. The fraction of sp³-hybridized carbons (Fsp3) is 0.333. The molecule has 0 radical (unpaired) electrons. The van der Waals surface area contributed by atoms with Crippen molar-refractivity contribution in [1.82, 2.24) is 0 Å². The van der Waals surface area contributed by atoms with Gasteiger partial charge in [-0.1, -0.05) is 11.6 Å². The molecule has 19 heavy (non-hydrogen) atoms. The zero-order chi connectivity index (χ0) is 14.8. The molecule has 1 aromatic rings. The Morgan fingerprint density at radius 3 is 2.47 bits per heavy atom. The molecule has 0 saturated carbocycles. The molecular weight excluding hydrogens is 315 g/mol. The molecule has 0 heterocycles. The van der Waals surface area contributed by atoms with E-state index in [1.165, 1.54) is 12.1 Å². The molecule has 10 heteroatoms. The monoisotopic (exact) mass is 326 g/mol. The predicted octanol–water partition coefficient (Wildman–Crippen LogP) is 2.60. The van der Waals surface area contributed by atoms with E-state index < -0.39 is 11.6 Å². The lowest BCUT2D eigenvalue weighted by atomic mass is 10.3. The van der Waals surface area contributed by atoms with Gasteiger partial charge in [0.2, 0.25) is 0 Å². The lowest BCUT2D eigenvalue weighted by Crippen LogP contribution is -2.24. The minimum Gasteiger partial charge on any atom is -0.328 e. The summed E-state index contributed by atoms with van der Waals surface area (Å²) in [5, 5.41) is 10.5. The number of benzene rings is 1. The third kappa shape index (κ3) is 4.38. The standard InChI is InChI=1S/C9H12ClN2O5PS/c1-6(2)17-12(18(15,16)19)9-4-3-7(11(13)14)5-8(9)10/h3-6H,1-2H3,(H2,15,16,19). The fourth-order valence-corrected chi connectivity index (χ4v) is 2.68. The maximum Gasteiger partial charge on any atom is 0.309 e. The van der Waals surface area contributed by atoms with E-state index in [9.17, 15) is 19.9 Å². The average Bonchev–Trinajstić information content (AvgIpc) is 2.24. The van der Waals surface area contributed by atoms with Gasteiger partial charge in [-0.25, -0.2) is 0 Å². The van der Waals surface area contributed by atoms with E-state index in [1.807, 2.05) is 0 Å². The summed E-state index contributed by atoms with van der Waals surface area (Å²) in [5.41, 5.74) is -0.156. The molecule has 0 saturated heterocycles. The Morgan fingerprint density at radius 2 is 2.11 bits per heavy atom. The molecule has 106 valence electrons. The Hall–Kier alpha value is -0.760. The fourth-order valence-electron chi connectivity index (χ4n) is 1.22. The highest BCUT2D eigenvalue weighted by Gasteiger charge is 2.26. The first-order chi connectivity index (χ1) is 8.62. The van der Waals surface area contributed by atoms with Crippen molar-refractivity contribution in [3.63, 3.8) is 0 Å². The molecule has 1 rings (SSSR count). The van der Waals surface area contributed by atoms with Gasteiger partial charge in [-0.3, -0.25) is 15.0 Å². The first kappa shape index (κ1) is 16.3. The van der Waals surface area contributed by atoms with Gasteiger partial charge in [-0.2, -0.15) is 4.83 Å². The van der Waals surface area contributed by atoms with Crippen molar-refractivity contribution in [2.24, 2.45) is 0 Å². The third-order valence-corrected chi connectivity index (χ3v) is 3.43. The summed E-state index contributed by atoms with van der Waals surface area (Å²) in [6.07, 6.45) is -0.382. The van der Waals surface area contributed by atoms with Crippen molar-refractivity contribution in [3.8, 4) is 0 Å². The van der Waals surface area contributed by atoms with Crippen molar-refractivity contribution in [1.29, 1.82) is 0 Å². The maximum atomic E-state index is 10.6. The van der Waals surface area contributed by atoms with Crippen molar-refractivity contribution in [3.05, 3.63) is 33.3 Å². The number of anilines is 1. The first-order valence-corrected chi connectivity index (χ1v) is 8.13. The smallest absolute Gasteiger partial charge is 0.309 e. The number of rotatable bonds is 5. The van der Waals surface area contributed by atoms with Gasteiger partial charge in [0.25, 0.3) is 5.69 Å². The van der Waals surface area contributed by atoms with Crippen LogP contribution in [0.2, 0.25) is 5.02 Å². The van der Waals surface area contributed by atoms with Gasteiger partial charge >= 0.3 is 6.64 Å². The van der Waals surface area contributed by atoms with Gasteiger partial charge in [0.15, 0.2) is 0 Å². The Morgan fingerprint density at radius 1 is 1.53 bits per heavy atom. The van der Waals surface area contributed by atoms with E-state index >= 15 is 0 Å². The van der Waals surface area contributed by atoms with Gasteiger partial charge in [0.05, 0.1) is 21.7 Å². The Labute approximate surface area is 119 Å². The average molecular weight is 327 g/mol. The minimum absolute atomic E-state index is 0.0628. The van der Waals surface area contributed by atoms with Crippen LogP contribution in [0.5, 0.6) is 0 Å². The Kier molecular flexibility index (Phi) is 5.26. The molecular formula is C9H12ClN2O5PS. The van der Waals surface area contributed by atoms with E-state index in [0.717, 1.165) is 10.9 Å². The molecule has 0 spiro atoms. The summed E-state index contributed by atoms with van der Waals surface area (Å²) in [5.74, 6) is 0. The highest BCUT2D eigenvalue weighted by atomic mass is 35.5. The van der Waals surface area contributed by atoms with Crippen LogP contribution in [0.3, 0.4) is 0 Å². The summed E-state index contributed by atoms with van der Waals surface area (Å²) in [6.45, 7) is -0.599. The highest BCUT2D eigenvalue weighted by molar-refractivity contribution is 8.09. The molecule has 7 nitrogen and oxygen atoms in total. The van der Waals surface area contributed by atoms with Crippen molar-refractivity contribution >= 4 is 41.4 Å². The number of nitro groups is 1. The molecule has 0 amide bonds. The number of hydrogen-bond donors (Lipinski definition) is 2. The molecule has 0 aliphatic heterocycles. The van der Waals surface area contributed by atoms with E-state index in [2.05, 4.69) is 11.8 Å². The largest absolute Gasteiger partial charge is 0.328 e. The maximum absolute atomic E-state index is 10.6. The zero-order valence-electron chi connectivity index (χ0n) is 10.1. The van der Waals surface area contributed by atoms with Crippen LogP contribution < -0.4 is 4.83 Å². The van der Waals surface area contributed by atoms with E-state index in [4.69, 9.17) is 16.4 Å². The first-order valence-electron chi connectivity index (χ1n) is 5.09. The lowest BCUT2D eigenvalue weighted by molar-refractivity contribution is -0.384. The van der Waals surface area contributed by atoms with E-state index in [0.29, 0.717) is 0 Å². The SMILES string of the molecule is CC(C)ON(c1ccc([N+](=O)[O-])cc1Cl)P(O)(O)=S. The van der Waals surface area contributed by atoms with Crippen LogP contribution >= 0.6 is 18.2 Å². The van der Waals surface area contributed by atoms with Crippen LogP contribution in [0.15, 0.2) is 18.2 Å². The zero-order valence-corrected chi connectivity index (χ0v) is 12.5. The quantitative estimate of drug-likeness (QED) is 0.487. The molecule has 1 aromatic carbocycles. The topological polar surface area (TPSA) is 96.1 Å². The molecule has 0 aliphatic carbocycles. The number of halogens is 1. The van der Waals surface area contributed by atoms with Crippen molar-refractivity contribution in [2.45, 2.75) is 20.0 Å². The van der Waals surface area contributed by atoms with Crippen LogP contribution in [0.4, 0.5) is 11.4 Å². The number of hydrogen-bond acceptors (Lipinski definition) is 4. The van der Waals surface area contributed by atoms with Crippen molar-refractivity contribution in [2.75, 3.05) is 4.83 Å². The number of non-ortho nitro benzene ring substituents is 1. The van der Waals surface area contributed by atoms with Gasteiger partial charge in [-0.05, 0) is 31.7 Å². The van der Waals surface area contributed by atoms with Gasteiger partial charge in [-0.15, -0.1) is 0 Å². The summed E-state index contributed by atoms with van der Waals surface area (Å²) < 4.78 is 0. The molecule has 0 aliphatic rings. The summed E-state index contributed by atoms with van der Waals surface area (Å²) in [7, 11) is 0. The second-order valence-electron chi connectivity index (χ2n) is 3.83. The predicted molar refractivity (Wildman–Crippen MR) is 75.5 cm³/mol. The van der Waals surface area contributed by atoms with Crippen LogP contribution in [-0.2, 0) is 16.6 Å². The highest BCUT2D eigenvalue weighted by Crippen LogP contribution is 2.47. The summed E-state index contributed by atoms with van der Waals surface area (Å²) in [4.78, 5) is 35.1. The second kappa shape index (κ2) is 6.13. The molecule has 2 N–H and O–H groups in total. The normalized spacial score (nSPS) is 11.7. The second-order valence-corrected chi connectivity index (χ2v) is 7.10. The number of nitrogens with zero attached hydrogens (tertiary/aromatic N) is 2. The van der Waals surface area contributed by atoms with Gasteiger partial charge < -0.3 is 9.79 Å². The van der Waals surface area contributed by atoms with Gasteiger partial charge in [0.1, 0.15) is 0 Å². The molecule has 0 fully saturated rings. The third-order valence-electron chi connectivity index (χ3n) is 1.90. The molecule has 0 atom stereocenters. The molecule has 0 bridgehead atoms. The van der Waals surface area contributed by atoms with Crippen molar-refractivity contribution < 1.29 is 19.5 Å². The number of nitro benzene ring substituents is 1. The van der Waals surface area contributed by atoms with Gasteiger partial charge in [0, 0.05) is 12.1 Å². The Bertz CT molecular complexity index is 535. The summed E-state index contributed by atoms with van der Waals surface area (Å²) >= 11 is 10.5. The van der Waals surface area contributed by atoms with E-state index in [1.54, 1.807) is 13.8 Å². The van der Waals surface area contributed by atoms with E-state index in [-0.39, 0.29) is 22.5 Å². The Balaban J connectivity index is 3.24. The van der Waals surface area contributed by atoms with Crippen LogP contribution in [-0.4, -0.2) is 20.8 Å². The lowest BCUT2D eigenvalue weighted by Gasteiger charge is -2.29. The van der Waals surface area contributed by atoms with Crippen LogP contribution in [0.25, 0.3) is 0 Å². The van der Waals surface area contributed by atoms with Crippen LogP contribution in [0.1, 0.15) is 13.8 Å². The summed E-state index contributed by atoms with van der Waals surface area (Å²) in [6, 6.07) is 3.50.